The third-order valence-electron chi connectivity index (χ3n) is 3.16. The highest BCUT2D eigenvalue weighted by Gasteiger charge is 2.14. The van der Waals surface area contributed by atoms with Crippen LogP contribution in [-0.4, -0.2) is 30.5 Å². The van der Waals surface area contributed by atoms with Crippen LogP contribution in [0.1, 0.15) is 16.1 Å². The second kappa shape index (κ2) is 7.61. The van der Waals surface area contributed by atoms with Gasteiger partial charge < -0.3 is 5.32 Å². The highest BCUT2D eigenvalue weighted by atomic mass is 35.5. The lowest BCUT2D eigenvalue weighted by Gasteiger charge is -2.03. The van der Waals surface area contributed by atoms with E-state index in [4.69, 9.17) is 23.8 Å². The van der Waals surface area contributed by atoms with Gasteiger partial charge >= 0.3 is 0 Å². The number of hydrogen-bond donors (Lipinski definition) is 1. The van der Waals surface area contributed by atoms with Gasteiger partial charge in [-0.25, -0.2) is 4.98 Å². The molecule has 2 aromatic heterocycles. The van der Waals surface area contributed by atoms with Crippen LogP contribution in [0.15, 0.2) is 35.1 Å². The summed E-state index contributed by atoms with van der Waals surface area (Å²) in [7, 11) is 0. The number of fused-ring (bicyclic) bond motifs is 1. The first-order valence-corrected chi connectivity index (χ1v) is 9.62. The number of aromatic nitrogens is 3. The number of nitrogens with zero attached hydrogens (tertiary/aromatic N) is 3. The normalized spacial score (nSPS) is 10.8. The van der Waals surface area contributed by atoms with Crippen molar-refractivity contribution < 1.29 is 4.79 Å². The van der Waals surface area contributed by atoms with Gasteiger partial charge in [-0.15, -0.1) is 5.10 Å². The zero-order chi connectivity index (χ0) is 18.0. The van der Waals surface area contributed by atoms with Crippen LogP contribution in [0, 0.1) is 6.92 Å². The van der Waals surface area contributed by atoms with Gasteiger partial charge in [0.2, 0.25) is 10.1 Å². The number of hydrogen-bond acceptors (Lipinski definition) is 7. The van der Waals surface area contributed by atoms with Crippen LogP contribution >= 0.6 is 46.9 Å². The van der Waals surface area contributed by atoms with Gasteiger partial charge in [0.1, 0.15) is 9.34 Å². The largest absolute Gasteiger partial charge is 0.316 e. The summed E-state index contributed by atoms with van der Waals surface area (Å²) in [6.45, 7) is 1.66. The molecule has 25 heavy (non-hydrogen) atoms. The monoisotopic (exact) mass is 410 g/mol. The number of thioether (sulfide) groups is 1. The summed E-state index contributed by atoms with van der Waals surface area (Å²) >= 11 is 13.5. The maximum absolute atomic E-state index is 12.1. The predicted molar refractivity (Wildman–Crippen MR) is 106 cm³/mol. The Morgan fingerprint density at radius 1 is 1.40 bits per heavy atom. The molecule has 0 amide bonds. The maximum atomic E-state index is 12.1. The smallest absolute Gasteiger partial charge is 0.294 e. The van der Waals surface area contributed by atoms with Crippen LogP contribution in [-0.2, 0) is 0 Å². The zero-order valence-corrected chi connectivity index (χ0v) is 16.1. The van der Waals surface area contributed by atoms with Crippen LogP contribution in [0.5, 0.6) is 0 Å². The maximum Gasteiger partial charge on any atom is 0.294 e. The Balaban J connectivity index is 1.67. The van der Waals surface area contributed by atoms with Crippen molar-refractivity contribution in [3.8, 4) is 0 Å². The van der Waals surface area contributed by atoms with E-state index < -0.39 is 5.56 Å². The van der Waals surface area contributed by atoms with Crippen molar-refractivity contribution in [3.05, 3.63) is 57.0 Å². The van der Waals surface area contributed by atoms with Crippen molar-refractivity contribution in [1.29, 1.82) is 0 Å². The molecule has 0 aliphatic rings. The zero-order valence-electron chi connectivity index (χ0n) is 12.9. The van der Waals surface area contributed by atoms with Crippen molar-refractivity contribution in [2.45, 2.75) is 6.92 Å². The number of rotatable bonds is 4. The van der Waals surface area contributed by atoms with Gasteiger partial charge in [-0.2, -0.15) is 4.52 Å². The Labute approximate surface area is 161 Å². The lowest BCUT2D eigenvalue weighted by atomic mass is 10.2. The summed E-state index contributed by atoms with van der Waals surface area (Å²) in [5, 5.41) is 7.48. The molecule has 0 saturated heterocycles. The van der Waals surface area contributed by atoms with Crippen LogP contribution in [0.3, 0.4) is 0 Å². The summed E-state index contributed by atoms with van der Waals surface area (Å²) in [4.78, 5) is 28.8. The van der Waals surface area contributed by atoms with Gasteiger partial charge in [-0.1, -0.05) is 77.2 Å². The number of ketones is 1. The standard InChI is InChI=1S/C15H11ClN4O2S3/c1-8-11(16)12(22)20-14(17-8)25-13(19-20)18-15(23)24-7-10(21)9-5-3-2-4-6-9/h2-6H,7H2,1H3,(H,18,19,23). The highest BCUT2D eigenvalue weighted by molar-refractivity contribution is 8.23. The average Bonchev–Trinajstić information content (AvgIpc) is 3.00. The Bertz CT molecular complexity index is 1020. The van der Waals surface area contributed by atoms with E-state index in [0.717, 1.165) is 4.52 Å². The minimum atomic E-state index is -0.425. The summed E-state index contributed by atoms with van der Waals surface area (Å²) in [5.74, 6) is 0.198. The first-order valence-electron chi connectivity index (χ1n) is 7.03. The summed E-state index contributed by atoms with van der Waals surface area (Å²) < 4.78 is 1.52. The van der Waals surface area contributed by atoms with E-state index >= 15 is 0 Å². The molecule has 0 aliphatic heterocycles. The van der Waals surface area contributed by atoms with Crippen LogP contribution in [0.4, 0.5) is 5.13 Å². The Hall–Kier alpha value is -1.81. The number of Topliss-reactive ketones (excluding diaryl/α,β-unsaturated/α-hetero) is 1. The lowest BCUT2D eigenvalue weighted by molar-refractivity contribution is 0.102. The second-order valence-corrected chi connectivity index (χ2v) is 7.89. The second-order valence-electron chi connectivity index (χ2n) is 4.91. The number of halogens is 1. The molecule has 0 saturated carbocycles. The fraction of sp³-hybridized carbons (Fsp3) is 0.133. The minimum Gasteiger partial charge on any atom is -0.316 e. The molecule has 0 atom stereocenters. The molecule has 128 valence electrons. The molecule has 3 rings (SSSR count). The predicted octanol–water partition coefficient (Wildman–Crippen LogP) is 3.43. The van der Waals surface area contributed by atoms with E-state index in [0.29, 0.717) is 25.7 Å². The molecule has 10 heteroatoms. The molecule has 0 bridgehead atoms. The molecule has 0 fully saturated rings. The number of carbonyl (C=O) groups excluding carboxylic acids is 1. The molecule has 0 radical (unpaired) electrons. The minimum absolute atomic E-state index is 0.0145. The van der Waals surface area contributed by atoms with Gasteiger partial charge in [-0.3, -0.25) is 9.59 Å². The van der Waals surface area contributed by atoms with Crippen molar-refractivity contribution >= 4 is 67.1 Å². The number of benzene rings is 1. The summed E-state index contributed by atoms with van der Waals surface area (Å²) in [5.41, 5.74) is 0.664. The van der Waals surface area contributed by atoms with Crippen molar-refractivity contribution in [2.24, 2.45) is 0 Å². The van der Waals surface area contributed by atoms with E-state index in [1.165, 1.54) is 23.1 Å². The molecular formula is C15H11ClN4O2S3. The molecule has 6 nitrogen and oxygen atoms in total. The third kappa shape index (κ3) is 4.06. The van der Waals surface area contributed by atoms with Crippen molar-refractivity contribution in [1.82, 2.24) is 14.6 Å². The van der Waals surface area contributed by atoms with E-state index in [9.17, 15) is 9.59 Å². The first-order chi connectivity index (χ1) is 12.0. The van der Waals surface area contributed by atoms with E-state index in [2.05, 4.69) is 15.4 Å². The molecule has 1 aromatic carbocycles. The fourth-order valence-electron chi connectivity index (χ4n) is 1.94. The fourth-order valence-corrected chi connectivity index (χ4v) is 3.90. The van der Waals surface area contributed by atoms with Crippen LogP contribution in [0.25, 0.3) is 4.96 Å². The first kappa shape index (κ1) is 18.0. The van der Waals surface area contributed by atoms with Gasteiger partial charge in [0.15, 0.2) is 5.78 Å². The van der Waals surface area contributed by atoms with Crippen LogP contribution in [0.2, 0.25) is 5.02 Å². The van der Waals surface area contributed by atoms with Crippen molar-refractivity contribution in [3.63, 3.8) is 0 Å². The Kier molecular flexibility index (Phi) is 5.48. The highest BCUT2D eigenvalue weighted by Crippen LogP contribution is 2.20. The Morgan fingerprint density at radius 2 is 2.12 bits per heavy atom. The quantitative estimate of drug-likeness (QED) is 0.521. The average molecular weight is 411 g/mol. The summed E-state index contributed by atoms with van der Waals surface area (Å²) in [6.07, 6.45) is 0. The van der Waals surface area contributed by atoms with Gasteiger partial charge in [0.05, 0.1) is 11.4 Å². The number of thiocarbonyl (C=S) groups is 1. The molecule has 3 aromatic rings. The number of aryl methyl sites for hydroxylation is 1. The molecule has 0 unspecified atom stereocenters. The van der Waals surface area contributed by atoms with E-state index in [1.807, 2.05) is 18.2 Å². The lowest BCUT2D eigenvalue weighted by Crippen LogP contribution is -2.17. The topological polar surface area (TPSA) is 76.4 Å². The number of nitrogens with one attached hydrogen (secondary N) is 1. The van der Waals surface area contributed by atoms with Gasteiger partial charge in [0.25, 0.3) is 5.56 Å². The number of carbonyl (C=O) groups is 1. The molecule has 0 aliphatic carbocycles. The molecule has 0 spiro atoms. The number of anilines is 1. The van der Waals surface area contributed by atoms with Gasteiger partial charge in [0, 0.05) is 5.56 Å². The van der Waals surface area contributed by atoms with Gasteiger partial charge in [-0.05, 0) is 6.92 Å². The molecular weight excluding hydrogens is 400 g/mol. The Morgan fingerprint density at radius 3 is 2.84 bits per heavy atom. The van der Waals surface area contributed by atoms with E-state index in [1.54, 1.807) is 19.1 Å². The molecule has 1 N–H and O–H groups in total. The van der Waals surface area contributed by atoms with Crippen LogP contribution < -0.4 is 10.9 Å². The molecule has 2 heterocycles. The van der Waals surface area contributed by atoms with E-state index in [-0.39, 0.29) is 16.6 Å². The third-order valence-corrected chi connectivity index (χ3v) is 5.65. The SMILES string of the molecule is Cc1nc2sc(NC(=S)SCC(=O)c3ccccc3)nn2c(=O)c1Cl. The van der Waals surface area contributed by atoms with Crippen molar-refractivity contribution in [2.75, 3.05) is 11.1 Å². The summed E-state index contributed by atoms with van der Waals surface area (Å²) in [6, 6.07) is 9.00.